The molecule has 25 heavy (non-hydrogen) atoms. The number of fused-ring (bicyclic) bond motifs is 1. The summed E-state index contributed by atoms with van der Waals surface area (Å²) in [4.78, 5) is 16.3. The summed E-state index contributed by atoms with van der Waals surface area (Å²) in [5.41, 5.74) is 2.61. The smallest absolute Gasteiger partial charge is 0.387 e. The summed E-state index contributed by atoms with van der Waals surface area (Å²) >= 11 is 0. The Morgan fingerprint density at radius 1 is 1.24 bits per heavy atom. The summed E-state index contributed by atoms with van der Waals surface area (Å²) in [5.74, 6) is -0.0573. The van der Waals surface area contributed by atoms with Crippen molar-refractivity contribution in [2.45, 2.75) is 20.5 Å². The highest BCUT2D eigenvalue weighted by atomic mass is 19.3. The minimum atomic E-state index is -2.96. The van der Waals surface area contributed by atoms with E-state index in [-0.39, 0.29) is 11.3 Å². The van der Waals surface area contributed by atoms with Gasteiger partial charge < -0.3 is 15.4 Å². The van der Waals surface area contributed by atoms with E-state index in [9.17, 15) is 13.6 Å². The van der Waals surface area contributed by atoms with Crippen LogP contribution in [0.15, 0.2) is 30.5 Å². The molecule has 0 aliphatic heterocycles. The molecule has 3 rings (SSSR count). The zero-order chi connectivity index (χ0) is 18.0. The molecule has 3 aromatic rings. The molecule has 0 saturated carbocycles. The first-order valence-electron chi connectivity index (χ1n) is 7.38. The number of carbonyl (C=O) groups excluding carboxylic acids is 1. The number of H-pyrrole nitrogens is 1. The first kappa shape index (κ1) is 16.6. The van der Waals surface area contributed by atoms with Crippen LogP contribution in [0, 0.1) is 13.8 Å². The van der Waals surface area contributed by atoms with Crippen LogP contribution in [-0.2, 0) is 0 Å². The molecule has 7 nitrogen and oxygen atoms in total. The van der Waals surface area contributed by atoms with E-state index in [1.54, 1.807) is 26.0 Å². The third kappa shape index (κ3) is 3.49. The van der Waals surface area contributed by atoms with Gasteiger partial charge in [0.05, 0.1) is 22.8 Å². The van der Waals surface area contributed by atoms with Gasteiger partial charge in [0.2, 0.25) is 0 Å². The van der Waals surface area contributed by atoms with Gasteiger partial charge in [-0.25, -0.2) is 4.79 Å². The molecule has 2 aromatic heterocycles. The van der Waals surface area contributed by atoms with Gasteiger partial charge in [0, 0.05) is 11.6 Å². The molecule has 0 aliphatic carbocycles. The number of anilines is 2. The number of nitrogens with one attached hydrogen (secondary N) is 3. The van der Waals surface area contributed by atoms with Crippen molar-refractivity contribution in [2.24, 2.45) is 0 Å². The minimum absolute atomic E-state index is 0.0573. The van der Waals surface area contributed by atoms with E-state index in [0.717, 1.165) is 5.69 Å². The molecular formula is C16H15F2N5O2. The standard InChI is InChI=1S/C16H15F2N5O2/c1-8-13(9(2)23-22-8)21-16(24)20-11-5-6-12(25-15(17)18)14-10(11)4-3-7-19-14/h3-7,15H,1-2H3,(H,22,23)(H2,20,21,24). The number of ether oxygens (including phenoxy) is 1. The predicted molar refractivity (Wildman–Crippen MR) is 89.1 cm³/mol. The fraction of sp³-hybridized carbons (Fsp3) is 0.188. The molecule has 0 saturated heterocycles. The lowest BCUT2D eigenvalue weighted by molar-refractivity contribution is -0.0489. The summed E-state index contributed by atoms with van der Waals surface area (Å²) in [5, 5.41) is 12.6. The second kappa shape index (κ2) is 6.71. The van der Waals surface area contributed by atoms with Crippen LogP contribution >= 0.6 is 0 Å². The topological polar surface area (TPSA) is 91.9 Å². The Balaban J connectivity index is 1.88. The number of aromatic nitrogens is 3. The van der Waals surface area contributed by atoms with Crippen LogP contribution in [-0.4, -0.2) is 27.8 Å². The van der Waals surface area contributed by atoms with Gasteiger partial charge in [-0.2, -0.15) is 13.9 Å². The van der Waals surface area contributed by atoms with Gasteiger partial charge >= 0.3 is 12.6 Å². The number of urea groups is 1. The lowest BCUT2D eigenvalue weighted by Gasteiger charge is -2.12. The molecule has 0 spiro atoms. The van der Waals surface area contributed by atoms with Gasteiger partial charge in [-0.1, -0.05) is 0 Å². The fourth-order valence-electron chi connectivity index (χ4n) is 2.45. The van der Waals surface area contributed by atoms with E-state index in [1.165, 1.54) is 18.3 Å². The van der Waals surface area contributed by atoms with Crippen molar-refractivity contribution in [3.8, 4) is 5.75 Å². The number of amides is 2. The average Bonchev–Trinajstić information content (AvgIpc) is 2.88. The van der Waals surface area contributed by atoms with Crippen LogP contribution in [0.5, 0.6) is 5.75 Å². The number of hydrogen-bond donors (Lipinski definition) is 3. The number of rotatable bonds is 4. The van der Waals surface area contributed by atoms with Crippen molar-refractivity contribution >= 4 is 28.3 Å². The third-order valence-corrected chi connectivity index (χ3v) is 3.56. The molecule has 1 aromatic carbocycles. The second-order valence-electron chi connectivity index (χ2n) is 5.28. The number of benzene rings is 1. The molecule has 0 bridgehead atoms. The van der Waals surface area contributed by atoms with Gasteiger partial charge in [0.1, 0.15) is 5.52 Å². The molecule has 3 N–H and O–H groups in total. The number of halogens is 2. The largest absolute Gasteiger partial charge is 0.432 e. The van der Waals surface area contributed by atoms with Crippen molar-refractivity contribution < 1.29 is 18.3 Å². The van der Waals surface area contributed by atoms with Crippen molar-refractivity contribution in [3.05, 3.63) is 41.9 Å². The Labute approximate surface area is 141 Å². The molecule has 0 fully saturated rings. The molecule has 130 valence electrons. The Kier molecular flexibility index (Phi) is 4.46. The molecule has 2 amide bonds. The summed E-state index contributed by atoms with van der Waals surface area (Å²) < 4.78 is 29.5. The van der Waals surface area contributed by atoms with Crippen molar-refractivity contribution in [2.75, 3.05) is 10.6 Å². The number of hydrogen-bond acceptors (Lipinski definition) is 4. The summed E-state index contributed by atoms with van der Waals surface area (Å²) in [6, 6.07) is 5.63. The van der Waals surface area contributed by atoms with Crippen LogP contribution in [0.1, 0.15) is 11.4 Å². The number of pyridine rings is 1. The fourth-order valence-corrected chi connectivity index (χ4v) is 2.45. The molecular weight excluding hydrogens is 332 g/mol. The highest BCUT2D eigenvalue weighted by Crippen LogP contribution is 2.31. The van der Waals surface area contributed by atoms with E-state index in [4.69, 9.17) is 0 Å². The van der Waals surface area contributed by atoms with Crippen LogP contribution < -0.4 is 15.4 Å². The summed E-state index contributed by atoms with van der Waals surface area (Å²) in [6.07, 6.45) is 1.46. The average molecular weight is 347 g/mol. The molecule has 0 aliphatic rings. The van der Waals surface area contributed by atoms with Gasteiger partial charge in [0.15, 0.2) is 5.75 Å². The SMILES string of the molecule is Cc1n[nH]c(C)c1NC(=O)Nc1ccc(OC(F)F)c2ncccc12. The molecule has 0 unspecified atom stereocenters. The number of nitrogens with zero attached hydrogens (tertiary/aromatic N) is 2. The number of aromatic amines is 1. The Bertz CT molecular complexity index is 907. The Morgan fingerprint density at radius 3 is 2.72 bits per heavy atom. The third-order valence-electron chi connectivity index (χ3n) is 3.56. The summed E-state index contributed by atoms with van der Waals surface area (Å²) in [7, 11) is 0. The van der Waals surface area contributed by atoms with E-state index >= 15 is 0 Å². The maximum atomic E-state index is 12.5. The monoisotopic (exact) mass is 347 g/mol. The summed E-state index contributed by atoms with van der Waals surface area (Å²) in [6.45, 7) is 0.583. The van der Waals surface area contributed by atoms with E-state index in [2.05, 4.69) is 30.6 Å². The highest BCUT2D eigenvalue weighted by Gasteiger charge is 2.15. The van der Waals surface area contributed by atoms with Crippen LogP contribution in [0.25, 0.3) is 10.9 Å². The molecule has 9 heteroatoms. The maximum Gasteiger partial charge on any atom is 0.387 e. The first-order valence-corrected chi connectivity index (χ1v) is 7.38. The molecule has 2 heterocycles. The number of carbonyl (C=O) groups is 1. The maximum absolute atomic E-state index is 12.5. The molecule has 0 radical (unpaired) electrons. The van der Waals surface area contributed by atoms with Crippen molar-refractivity contribution in [1.29, 1.82) is 0 Å². The number of alkyl halides is 2. The van der Waals surface area contributed by atoms with Gasteiger partial charge in [-0.15, -0.1) is 0 Å². The van der Waals surface area contributed by atoms with Crippen molar-refractivity contribution in [3.63, 3.8) is 0 Å². The second-order valence-corrected chi connectivity index (χ2v) is 5.28. The predicted octanol–water partition coefficient (Wildman–Crippen LogP) is 3.82. The zero-order valence-electron chi connectivity index (χ0n) is 13.4. The Hall–Kier alpha value is -3.23. The van der Waals surface area contributed by atoms with Crippen LogP contribution in [0.3, 0.4) is 0 Å². The Morgan fingerprint density at radius 2 is 2.04 bits per heavy atom. The lowest BCUT2D eigenvalue weighted by Crippen LogP contribution is -2.20. The van der Waals surface area contributed by atoms with Gasteiger partial charge in [-0.3, -0.25) is 10.1 Å². The molecule has 0 atom stereocenters. The van der Waals surface area contributed by atoms with Crippen molar-refractivity contribution in [1.82, 2.24) is 15.2 Å². The quantitative estimate of drug-likeness (QED) is 0.669. The van der Waals surface area contributed by atoms with E-state index < -0.39 is 12.6 Å². The van der Waals surface area contributed by atoms with Gasteiger partial charge in [-0.05, 0) is 38.1 Å². The van der Waals surface area contributed by atoms with Gasteiger partial charge in [0.25, 0.3) is 0 Å². The zero-order valence-corrected chi connectivity index (χ0v) is 13.4. The van der Waals surface area contributed by atoms with Crippen LogP contribution in [0.4, 0.5) is 25.0 Å². The minimum Gasteiger partial charge on any atom is -0.432 e. The number of aryl methyl sites for hydroxylation is 2. The lowest BCUT2D eigenvalue weighted by atomic mass is 10.1. The van der Waals surface area contributed by atoms with Crippen LogP contribution in [0.2, 0.25) is 0 Å². The highest BCUT2D eigenvalue weighted by molar-refractivity contribution is 6.06. The first-order chi connectivity index (χ1) is 12.0. The van der Waals surface area contributed by atoms with E-state index in [1.807, 2.05) is 0 Å². The normalized spacial score (nSPS) is 10.9. The van der Waals surface area contributed by atoms with E-state index in [0.29, 0.717) is 22.5 Å².